The van der Waals surface area contributed by atoms with Crippen molar-refractivity contribution in [2.45, 2.75) is 37.8 Å². The third-order valence-electron chi connectivity index (χ3n) is 5.99. The van der Waals surface area contributed by atoms with Gasteiger partial charge in [-0.25, -0.2) is 13.8 Å². The average Bonchev–Trinajstić information content (AvgIpc) is 2.83. The molecule has 1 aromatic carbocycles. The number of halogens is 3. The molecule has 5 nitrogen and oxygen atoms in total. The highest BCUT2D eigenvalue weighted by Gasteiger charge is 2.21. The largest absolute Gasteiger partial charge is 0.481 e. The van der Waals surface area contributed by atoms with E-state index >= 15 is 0 Å². The molecule has 2 atom stereocenters. The van der Waals surface area contributed by atoms with Gasteiger partial charge in [0.15, 0.2) is 0 Å². The van der Waals surface area contributed by atoms with Gasteiger partial charge in [-0.05, 0) is 49.9 Å². The maximum atomic E-state index is 13.7. The van der Waals surface area contributed by atoms with Crippen LogP contribution in [-0.4, -0.2) is 42.3 Å². The minimum absolute atomic E-state index is 0.257. The van der Waals surface area contributed by atoms with Crippen LogP contribution in [0.2, 0.25) is 5.02 Å². The van der Waals surface area contributed by atoms with Gasteiger partial charge in [-0.3, -0.25) is 4.98 Å². The van der Waals surface area contributed by atoms with Crippen molar-refractivity contribution in [2.75, 3.05) is 20.2 Å². The maximum absolute atomic E-state index is 13.7. The van der Waals surface area contributed by atoms with Crippen molar-refractivity contribution in [3.8, 4) is 5.88 Å². The maximum Gasteiger partial charge on any atom is 0.213 e. The molecule has 1 aliphatic heterocycles. The van der Waals surface area contributed by atoms with E-state index in [1.54, 1.807) is 25.4 Å². The first-order valence-corrected chi connectivity index (χ1v) is 11.5. The molecule has 0 saturated carbocycles. The van der Waals surface area contributed by atoms with Crippen molar-refractivity contribution in [2.24, 2.45) is 0 Å². The van der Waals surface area contributed by atoms with E-state index in [0.717, 1.165) is 61.0 Å². The number of nitrogens with one attached hydrogen (secondary N) is 2. The summed E-state index contributed by atoms with van der Waals surface area (Å²) in [6, 6.07) is 7.88. The Labute approximate surface area is 197 Å². The monoisotopic (exact) mass is 472 g/mol. The van der Waals surface area contributed by atoms with Gasteiger partial charge in [-0.15, -0.1) is 0 Å². The molecule has 1 aliphatic rings. The standard InChI is InChI=1S/C25H27ClF2N4O/c1-33-24-11-10-23-25(32-24)20(21(26)15-31-23)8-7-18-5-6-19(14-30-18)29-12-2-3-16-13-17(27)4-9-22(16)28/h2-4,9-11,13,15,18-19,29-30H,5-8,12,14H2,1H3. The zero-order chi connectivity index (χ0) is 23.2. The Balaban J connectivity index is 1.26. The van der Waals surface area contributed by atoms with Crippen molar-refractivity contribution >= 4 is 28.7 Å². The van der Waals surface area contributed by atoms with Gasteiger partial charge in [0.25, 0.3) is 0 Å². The molecule has 2 N–H and O–H groups in total. The Morgan fingerprint density at radius 1 is 1.24 bits per heavy atom. The molecule has 0 aliphatic carbocycles. The summed E-state index contributed by atoms with van der Waals surface area (Å²) in [7, 11) is 1.60. The molecular weight excluding hydrogens is 446 g/mol. The Morgan fingerprint density at radius 2 is 2.12 bits per heavy atom. The molecule has 4 rings (SSSR count). The molecule has 0 radical (unpaired) electrons. The number of rotatable bonds is 8. The minimum atomic E-state index is -0.442. The lowest BCUT2D eigenvalue weighted by Gasteiger charge is -2.30. The highest BCUT2D eigenvalue weighted by molar-refractivity contribution is 6.32. The van der Waals surface area contributed by atoms with Crippen molar-refractivity contribution < 1.29 is 13.5 Å². The summed E-state index contributed by atoms with van der Waals surface area (Å²) in [5, 5.41) is 7.68. The molecule has 3 heterocycles. The number of fused-ring (bicyclic) bond motifs is 1. The summed E-state index contributed by atoms with van der Waals surface area (Å²) < 4.78 is 32.2. The predicted octanol–water partition coefficient (Wildman–Crippen LogP) is 4.93. The number of ether oxygens (including phenoxy) is 1. The first-order chi connectivity index (χ1) is 16.0. The first kappa shape index (κ1) is 23.5. The molecule has 0 amide bonds. The van der Waals surface area contributed by atoms with Gasteiger partial charge in [0.1, 0.15) is 11.6 Å². The number of benzene rings is 1. The number of aryl methyl sites for hydroxylation is 1. The van der Waals surface area contributed by atoms with E-state index in [0.29, 0.717) is 29.5 Å². The van der Waals surface area contributed by atoms with Gasteiger partial charge in [0.2, 0.25) is 5.88 Å². The van der Waals surface area contributed by atoms with E-state index in [9.17, 15) is 8.78 Å². The summed E-state index contributed by atoms with van der Waals surface area (Å²) >= 11 is 6.45. The van der Waals surface area contributed by atoms with Gasteiger partial charge in [-0.2, -0.15) is 0 Å². The van der Waals surface area contributed by atoms with E-state index < -0.39 is 11.6 Å². The van der Waals surface area contributed by atoms with E-state index in [1.165, 1.54) is 6.07 Å². The summed E-state index contributed by atoms with van der Waals surface area (Å²) in [5.74, 6) is -0.320. The van der Waals surface area contributed by atoms with Crippen LogP contribution in [0.15, 0.2) is 42.6 Å². The first-order valence-electron chi connectivity index (χ1n) is 11.1. The Hall–Kier alpha value is -2.61. The summed E-state index contributed by atoms with van der Waals surface area (Å²) in [6.07, 6.45) is 8.94. The lowest BCUT2D eigenvalue weighted by molar-refractivity contribution is 0.321. The van der Waals surface area contributed by atoms with E-state index in [2.05, 4.69) is 20.6 Å². The van der Waals surface area contributed by atoms with Crippen molar-refractivity contribution in [3.05, 3.63) is 70.4 Å². The summed E-state index contributed by atoms with van der Waals surface area (Å²) in [4.78, 5) is 8.92. The molecule has 33 heavy (non-hydrogen) atoms. The van der Waals surface area contributed by atoms with Gasteiger partial charge < -0.3 is 15.4 Å². The highest BCUT2D eigenvalue weighted by atomic mass is 35.5. The molecule has 2 aromatic heterocycles. The van der Waals surface area contributed by atoms with Crippen molar-refractivity contribution in [3.63, 3.8) is 0 Å². The number of nitrogens with zero attached hydrogens (tertiary/aromatic N) is 2. The molecule has 2 unspecified atom stereocenters. The fourth-order valence-electron chi connectivity index (χ4n) is 4.15. The molecule has 0 bridgehead atoms. The van der Waals surface area contributed by atoms with E-state index in [-0.39, 0.29) is 5.56 Å². The summed E-state index contributed by atoms with van der Waals surface area (Å²) in [5.41, 5.74) is 2.85. The third-order valence-corrected chi connectivity index (χ3v) is 6.31. The topological polar surface area (TPSA) is 59.1 Å². The Kier molecular flexibility index (Phi) is 7.85. The fourth-order valence-corrected chi connectivity index (χ4v) is 4.38. The second-order valence-electron chi connectivity index (χ2n) is 8.20. The number of aromatic nitrogens is 2. The Bertz CT molecular complexity index is 1130. The smallest absolute Gasteiger partial charge is 0.213 e. The molecular formula is C25H27ClF2N4O. The zero-order valence-corrected chi connectivity index (χ0v) is 19.2. The lowest BCUT2D eigenvalue weighted by atomic mass is 9.95. The Morgan fingerprint density at radius 3 is 2.91 bits per heavy atom. The molecule has 1 fully saturated rings. The van der Waals surface area contributed by atoms with Crippen LogP contribution in [0.25, 0.3) is 17.1 Å². The van der Waals surface area contributed by atoms with Gasteiger partial charge in [0, 0.05) is 48.6 Å². The average molecular weight is 473 g/mol. The summed E-state index contributed by atoms with van der Waals surface area (Å²) in [6.45, 7) is 1.45. The van der Waals surface area contributed by atoms with Crippen LogP contribution in [0.1, 0.15) is 30.4 Å². The van der Waals surface area contributed by atoms with Crippen LogP contribution in [-0.2, 0) is 6.42 Å². The number of methoxy groups -OCH3 is 1. The fraction of sp³-hybridized carbons (Fsp3) is 0.360. The molecule has 3 aromatic rings. The van der Waals surface area contributed by atoms with Crippen molar-refractivity contribution in [1.29, 1.82) is 0 Å². The molecule has 0 spiro atoms. The number of piperidine rings is 1. The molecule has 8 heteroatoms. The third kappa shape index (κ3) is 6.05. The molecule has 1 saturated heterocycles. The van der Waals surface area contributed by atoms with Crippen LogP contribution in [0.4, 0.5) is 8.78 Å². The second-order valence-corrected chi connectivity index (χ2v) is 8.61. The number of hydrogen-bond donors (Lipinski definition) is 2. The van der Waals surface area contributed by atoms with E-state index in [4.69, 9.17) is 16.3 Å². The van der Waals surface area contributed by atoms with Gasteiger partial charge >= 0.3 is 0 Å². The van der Waals surface area contributed by atoms with E-state index in [1.807, 2.05) is 12.1 Å². The van der Waals surface area contributed by atoms with Crippen LogP contribution in [0.5, 0.6) is 5.88 Å². The van der Waals surface area contributed by atoms with Gasteiger partial charge in [0.05, 0.1) is 23.2 Å². The van der Waals surface area contributed by atoms with Crippen LogP contribution >= 0.6 is 11.6 Å². The highest BCUT2D eigenvalue weighted by Crippen LogP contribution is 2.27. The zero-order valence-electron chi connectivity index (χ0n) is 18.5. The van der Waals surface area contributed by atoms with Crippen molar-refractivity contribution in [1.82, 2.24) is 20.6 Å². The van der Waals surface area contributed by atoms with Crippen LogP contribution in [0, 0.1) is 11.6 Å². The SMILES string of the molecule is COc1ccc2ncc(Cl)c(CCC3CCC(NCC=Cc4cc(F)ccc4F)CN3)c2n1. The minimum Gasteiger partial charge on any atom is -0.481 e. The van der Waals surface area contributed by atoms with Crippen LogP contribution < -0.4 is 15.4 Å². The predicted molar refractivity (Wildman–Crippen MR) is 128 cm³/mol. The number of pyridine rings is 2. The second kappa shape index (κ2) is 11.0. The van der Waals surface area contributed by atoms with Gasteiger partial charge in [-0.1, -0.05) is 23.8 Å². The normalized spacial score (nSPS) is 18.8. The number of hydrogen-bond acceptors (Lipinski definition) is 5. The molecule has 174 valence electrons. The lowest BCUT2D eigenvalue weighted by Crippen LogP contribution is -2.48. The van der Waals surface area contributed by atoms with Crippen LogP contribution in [0.3, 0.4) is 0 Å². The quantitative estimate of drug-likeness (QED) is 0.487.